The summed E-state index contributed by atoms with van der Waals surface area (Å²) in [6, 6.07) is 5.12. The van der Waals surface area contributed by atoms with Gasteiger partial charge in [0.05, 0.1) is 12.4 Å². The Labute approximate surface area is 161 Å². The van der Waals surface area contributed by atoms with Crippen LogP contribution >= 0.6 is 0 Å². The summed E-state index contributed by atoms with van der Waals surface area (Å²) in [7, 11) is 1.76. The highest BCUT2D eigenvalue weighted by Gasteiger charge is 2.32. The number of rotatable bonds is 4. The van der Waals surface area contributed by atoms with Crippen molar-refractivity contribution in [1.82, 2.24) is 24.8 Å². The zero-order chi connectivity index (χ0) is 20.8. The number of anilines is 1. The summed E-state index contributed by atoms with van der Waals surface area (Å²) < 4.78 is 42.7. The Bertz CT molecular complexity index is 1060. The van der Waals surface area contributed by atoms with Gasteiger partial charge in [-0.3, -0.25) is 0 Å². The summed E-state index contributed by atoms with van der Waals surface area (Å²) in [5.74, 6) is 0.0493. The lowest BCUT2D eigenvalue weighted by atomic mass is 10.1. The number of carboxylic acid groups (broad SMARTS) is 1. The predicted octanol–water partition coefficient (Wildman–Crippen LogP) is 2.39. The Morgan fingerprint density at radius 2 is 1.93 bits per heavy atom. The van der Waals surface area contributed by atoms with Gasteiger partial charge in [0.15, 0.2) is 5.65 Å². The van der Waals surface area contributed by atoms with Crippen molar-refractivity contribution in [2.75, 3.05) is 18.0 Å². The van der Waals surface area contributed by atoms with Crippen LogP contribution in [-0.2, 0) is 7.05 Å². The van der Waals surface area contributed by atoms with Gasteiger partial charge in [0, 0.05) is 25.7 Å². The average molecular weight is 408 g/mol. The number of ether oxygens (including phenoxy) is 1. The maximum Gasteiger partial charge on any atom is 0.573 e. The van der Waals surface area contributed by atoms with Crippen molar-refractivity contribution >= 4 is 23.2 Å². The van der Waals surface area contributed by atoms with Crippen molar-refractivity contribution in [3.8, 4) is 17.0 Å². The third kappa shape index (κ3) is 3.86. The van der Waals surface area contributed by atoms with Gasteiger partial charge in [-0.15, -0.1) is 13.2 Å². The molecule has 9 nitrogen and oxygen atoms in total. The van der Waals surface area contributed by atoms with Crippen LogP contribution in [0.5, 0.6) is 5.75 Å². The lowest BCUT2D eigenvalue weighted by Gasteiger charge is -2.38. The maximum atomic E-state index is 12.4. The molecule has 1 fully saturated rings. The minimum atomic E-state index is -4.77. The molecule has 2 aromatic heterocycles. The van der Waals surface area contributed by atoms with Crippen molar-refractivity contribution in [3.05, 3.63) is 30.6 Å². The zero-order valence-corrected chi connectivity index (χ0v) is 15.0. The second-order valence-electron chi connectivity index (χ2n) is 6.52. The standard InChI is InChI=1S/C17H15F3N6O3/c1-25-8-21-13-12(9-2-4-11(5-3-9)29-17(18,19)20)23-15(24-14(13)25)26-6-10(7-26)22-16(27)28/h2-5,8,10,22H,6-7H2,1H3,(H,27,28). The van der Waals surface area contributed by atoms with Crippen LogP contribution in [0.1, 0.15) is 0 Å². The molecule has 0 unspecified atom stereocenters. The van der Waals surface area contributed by atoms with Gasteiger partial charge in [-0.05, 0) is 24.3 Å². The Kier molecular flexibility index (Phi) is 4.40. The number of alkyl halides is 3. The zero-order valence-electron chi connectivity index (χ0n) is 15.0. The van der Waals surface area contributed by atoms with Gasteiger partial charge in [-0.25, -0.2) is 14.8 Å². The monoisotopic (exact) mass is 408 g/mol. The Balaban J connectivity index is 1.66. The number of nitrogens with zero attached hydrogens (tertiary/aromatic N) is 5. The van der Waals surface area contributed by atoms with Crippen molar-refractivity contribution in [2.24, 2.45) is 7.05 Å². The fourth-order valence-electron chi connectivity index (χ4n) is 3.06. The first-order chi connectivity index (χ1) is 13.7. The van der Waals surface area contributed by atoms with E-state index >= 15 is 0 Å². The predicted molar refractivity (Wildman–Crippen MR) is 95.6 cm³/mol. The summed E-state index contributed by atoms with van der Waals surface area (Å²) in [6.45, 7) is 0.820. The van der Waals surface area contributed by atoms with Crippen LogP contribution in [-0.4, -0.2) is 56.2 Å². The number of aryl methyl sites for hydroxylation is 1. The molecule has 1 aromatic carbocycles. The molecule has 0 bridgehead atoms. The fourth-order valence-corrected chi connectivity index (χ4v) is 3.06. The van der Waals surface area contributed by atoms with E-state index in [1.54, 1.807) is 22.8 Å². The van der Waals surface area contributed by atoms with E-state index in [0.717, 1.165) is 0 Å². The number of carbonyl (C=O) groups is 1. The Morgan fingerprint density at radius 1 is 1.24 bits per heavy atom. The number of fused-ring (bicyclic) bond motifs is 1. The highest BCUT2D eigenvalue weighted by molar-refractivity contribution is 5.88. The van der Waals surface area contributed by atoms with E-state index in [-0.39, 0.29) is 11.8 Å². The molecule has 4 rings (SSSR count). The number of benzene rings is 1. The van der Waals surface area contributed by atoms with Crippen LogP contribution in [0.25, 0.3) is 22.4 Å². The largest absolute Gasteiger partial charge is 0.573 e. The third-order valence-electron chi connectivity index (χ3n) is 4.40. The van der Waals surface area contributed by atoms with E-state index in [2.05, 4.69) is 25.0 Å². The molecule has 0 aliphatic carbocycles. The lowest BCUT2D eigenvalue weighted by molar-refractivity contribution is -0.274. The van der Waals surface area contributed by atoms with Gasteiger partial charge >= 0.3 is 12.5 Å². The molecule has 1 amide bonds. The molecule has 0 atom stereocenters. The van der Waals surface area contributed by atoms with Crippen LogP contribution in [0.4, 0.5) is 23.9 Å². The van der Waals surface area contributed by atoms with Crippen molar-refractivity contribution in [1.29, 1.82) is 0 Å². The second kappa shape index (κ2) is 6.79. The van der Waals surface area contributed by atoms with Crippen LogP contribution in [0.3, 0.4) is 0 Å². The number of nitrogens with one attached hydrogen (secondary N) is 1. The van der Waals surface area contributed by atoms with Crippen LogP contribution in [0, 0.1) is 0 Å². The molecule has 0 saturated carbocycles. The van der Waals surface area contributed by atoms with E-state index in [1.165, 1.54) is 24.3 Å². The topological polar surface area (TPSA) is 105 Å². The lowest BCUT2D eigenvalue weighted by Crippen LogP contribution is -2.59. The summed E-state index contributed by atoms with van der Waals surface area (Å²) in [6.07, 6.45) is -4.30. The van der Waals surface area contributed by atoms with Crippen LogP contribution in [0.2, 0.25) is 0 Å². The number of hydrogen-bond acceptors (Lipinski definition) is 6. The summed E-state index contributed by atoms with van der Waals surface area (Å²) in [5.41, 5.74) is 2.06. The van der Waals surface area contributed by atoms with Crippen molar-refractivity contribution in [2.45, 2.75) is 12.4 Å². The van der Waals surface area contributed by atoms with E-state index in [4.69, 9.17) is 5.11 Å². The quantitative estimate of drug-likeness (QED) is 0.683. The summed E-state index contributed by atoms with van der Waals surface area (Å²) in [5, 5.41) is 11.2. The highest BCUT2D eigenvalue weighted by Crippen LogP contribution is 2.31. The molecule has 3 heterocycles. The molecule has 1 saturated heterocycles. The number of halogens is 3. The van der Waals surface area contributed by atoms with Gasteiger partial charge in [-0.1, -0.05) is 0 Å². The molecule has 0 spiro atoms. The van der Waals surface area contributed by atoms with Gasteiger partial charge in [-0.2, -0.15) is 4.98 Å². The van der Waals surface area contributed by atoms with Crippen molar-refractivity contribution in [3.63, 3.8) is 0 Å². The molecule has 29 heavy (non-hydrogen) atoms. The molecule has 2 N–H and O–H groups in total. The van der Waals surface area contributed by atoms with Crippen LogP contribution < -0.4 is 15.0 Å². The van der Waals surface area contributed by atoms with E-state index < -0.39 is 12.5 Å². The third-order valence-corrected chi connectivity index (χ3v) is 4.40. The normalized spacial score (nSPS) is 14.7. The minimum Gasteiger partial charge on any atom is -0.465 e. The van der Waals surface area contributed by atoms with E-state index in [9.17, 15) is 18.0 Å². The minimum absolute atomic E-state index is 0.222. The fraction of sp³-hybridized carbons (Fsp3) is 0.294. The molecule has 12 heteroatoms. The van der Waals surface area contributed by atoms with Gasteiger partial charge < -0.3 is 24.6 Å². The average Bonchev–Trinajstić information content (AvgIpc) is 2.97. The number of aromatic nitrogens is 4. The SMILES string of the molecule is Cn1cnc2c(-c3ccc(OC(F)(F)F)cc3)nc(N3CC(NC(=O)O)C3)nc21. The highest BCUT2D eigenvalue weighted by atomic mass is 19.4. The number of imidazole rings is 1. The molecular weight excluding hydrogens is 393 g/mol. The summed E-state index contributed by atoms with van der Waals surface area (Å²) in [4.78, 5) is 25.8. The van der Waals surface area contributed by atoms with Gasteiger partial charge in [0.2, 0.25) is 5.95 Å². The van der Waals surface area contributed by atoms with E-state index in [1.807, 2.05) is 0 Å². The Morgan fingerprint density at radius 3 is 2.55 bits per heavy atom. The molecule has 152 valence electrons. The van der Waals surface area contributed by atoms with Gasteiger partial charge in [0.25, 0.3) is 0 Å². The second-order valence-corrected chi connectivity index (χ2v) is 6.52. The molecule has 1 aliphatic heterocycles. The van der Waals surface area contributed by atoms with E-state index in [0.29, 0.717) is 41.5 Å². The smallest absolute Gasteiger partial charge is 0.465 e. The molecular formula is C17H15F3N6O3. The van der Waals surface area contributed by atoms with Crippen LogP contribution in [0.15, 0.2) is 30.6 Å². The first-order valence-electron chi connectivity index (χ1n) is 8.49. The maximum absolute atomic E-state index is 12.4. The van der Waals surface area contributed by atoms with Crippen molar-refractivity contribution < 1.29 is 27.8 Å². The Hall–Kier alpha value is -3.57. The first kappa shape index (κ1) is 18.8. The summed E-state index contributed by atoms with van der Waals surface area (Å²) >= 11 is 0. The van der Waals surface area contributed by atoms with Gasteiger partial charge in [0.1, 0.15) is 17.0 Å². The molecule has 1 aliphatic rings. The number of amides is 1. The number of hydrogen-bond donors (Lipinski definition) is 2. The first-order valence-corrected chi connectivity index (χ1v) is 8.49. The molecule has 3 aromatic rings. The molecule has 0 radical (unpaired) electrons.